The van der Waals surface area contributed by atoms with Gasteiger partial charge in [-0.1, -0.05) is 18.7 Å². The Labute approximate surface area is 165 Å². The second-order valence-electron chi connectivity index (χ2n) is 6.56. The Morgan fingerprint density at radius 3 is 2.78 bits per heavy atom. The van der Waals surface area contributed by atoms with Gasteiger partial charge in [-0.05, 0) is 37.7 Å². The third-order valence-corrected chi connectivity index (χ3v) is 6.72. The van der Waals surface area contributed by atoms with Gasteiger partial charge < -0.3 is 10.6 Å². The highest BCUT2D eigenvalue weighted by atomic mass is 32.2. The summed E-state index contributed by atoms with van der Waals surface area (Å²) in [5.74, 6) is -0.351. The number of thiophene rings is 1. The van der Waals surface area contributed by atoms with E-state index in [4.69, 9.17) is 0 Å². The summed E-state index contributed by atoms with van der Waals surface area (Å²) in [6.45, 7) is 2.52. The van der Waals surface area contributed by atoms with E-state index in [0.29, 0.717) is 11.7 Å². The lowest BCUT2D eigenvalue weighted by atomic mass is 9.97. The third kappa shape index (κ3) is 4.52. The average molecular weight is 409 g/mol. The molecule has 146 valence electrons. The van der Waals surface area contributed by atoms with Crippen LogP contribution in [-0.4, -0.2) is 40.2 Å². The number of aryl methyl sites for hydroxylation is 2. The zero-order chi connectivity index (χ0) is 19.4. The van der Waals surface area contributed by atoms with E-state index in [0.717, 1.165) is 42.3 Å². The molecule has 0 radical (unpaired) electrons. The highest BCUT2D eigenvalue weighted by molar-refractivity contribution is 7.99. The zero-order valence-corrected chi connectivity index (χ0v) is 17.2. The summed E-state index contributed by atoms with van der Waals surface area (Å²) in [5, 5.41) is 6.57. The van der Waals surface area contributed by atoms with Crippen LogP contribution in [0.4, 0.5) is 0 Å². The molecule has 0 fully saturated rings. The van der Waals surface area contributed by atoms with Gasteiger partial charge in [-0.3, -0.25) is 19.0 Å². The Kier molecular flexibility index (Phi) is 6.54. The van der Waals surface area contributed by atoms with E-state index in [9.17, 15) is 14.4 Å². The van der Waals surface area contributed by atoms with Crippen LogP contribution < -0.4 is 16.2 Å². The molecule has 0 bridgehead atoms. The molecule has 2 aromatic rings. The first-order valence-electron chi connectivity index (χ1n) is 9.18. The standard InChI is InChI=1S/C18H24N4O3S2/c1-3-8-19-13(23)9-20-14(24)10-26-18-21-16-15(17(25)22(18)2)11-6-4-5-7-12(11)27-16/h3-10H2,1-2H3,(H,19,23)(H,20,24). The molecule has 2 N–H and O–H groups in total. The van der Waals surface area contributed by atoms with Gasteiger partial charge in [0.25, 0.3) is 5.56 Å². The summed E-state index contributed by atoms with van der Waals surface area (Å²) in [5.41, 5.74) is 1.13. The van der Waals surface area contributed by atoms with Gasteiger partial charge in [0.05, 0.1) is 17.7 Å². The number of nitrogens with one attached hydrogen (secondary N) is 2. The van der Waals surface area contributed by atoms with Crippen LogP contribution in [0, 0.1) is 0 Å². The number of thioether (sulfide) groups is 1. The van der Waals surface area contributed by atoms with Crippen molar-refractivity contribution in [1.82, 2.24) is 20.2 Å². The lowest BCUT2D eigenvalue weighted by molar-refractivity contribution is -0.124. The molecule has 27 heavy (non-hydrogen) atoms. The maximum Gasteiger partial charge on any atom is 0.262 e. The topological polar surface area (TPSA) is 93.1 Å². The van der Waals surface area contributed by atoms with Crippen molar-refractivity contribution in [3.8, 4) is 0 Å². The largest absolute Gasteiger partial charge is 0.355 e. The van der Waals surface area contributed by atoms with Gasteiger partial charge in [0, 0.05) is 18.5 Å². The summed E-state index contributed by atoms with van der Waals surface area (Å²) in [6.07, 6.45) is 5.09. The summed E-state index contributed by atoms with van der Waals surface area (Å²) in [7, 11) is 1.69. The van der Waals surface area contributed by atoms with Crippen LogP contribution in [0.3, 0.4) is 0 Å². The molecular weight excluding hydrogens is 384 g/mol. The second kappa shape index (κ2) is 8.88. The van der Waals surface area contributed by atoms with Gasteiger partial charge in [-0.2, -0.15) is 0 Å². The Balaban J connectivity index is 1.67. The van der Waals surface area contributed by atoms with Crippen molar-refractivity contribution in [2.24, 2.45) is 7.05 Å². The number of hydrogen-bond donors (Lipinski definition) is 2. The van der Waals surface area contributed by atoms with Gasteiger partial charge >= 0.3 is 0 Å². The van der Waals surface area contributed by atoms with Crippen LogP contribution in [0.25, 0.3) is 10.2 Å². The molecule has 2 heterocycles. The Morgan fingerprint density at radius 2 is 2.00 bits per heavy atom. The molecule has 0 atom stereocenters. The quantitative estimate of drug-likeness (QED) is 0.536. The molecule has 1 aliphatic rings. The SMILES string of the molecule is CCCNC(=O)CNC(=O)CSc1nc2sc3c(c2c(=O)n1C)CCCC3. The van der Waals surface area contributed by atoms with Gasteiger partial charge in [0.15, 0.2) is 5.16 Å². The molecule has 0 spiro atoms. The fraction of sp³-hybridized carbons (Fsp3) is 0.556. The van der Waals surface area contributed by atoms with Crippen LogP contribution >= 0.6 is 23.1 Å². The van der Waals surface area contributed by atoms with E-state index >= 15 is 0 Å². The van der Waals surface area contributed by atoms with E-state index in [-0.39, 0.29) is 29.7 Å². The smallest absolute Gasteiger partial charge is 0.262 e. The molecule has 0 saturated carbocycles. The van der Waals surface area contributed by atoms with E-state index in [1.807, 2.05) is 6.92 Å². The van der Waals surface area contributed by atoms with Crippen LogP contribution in [0.15, 0.2) is 9.95 Å². The zero-order valence-electron chi connectivity index (χ0n) is 15.6. The first kappa shape index (κ1) is 19.9. The van der Waals surface area contributed by atoms with Crippen molar-refractivity contribution in [3.63, 3.8) is 0 Å². The van der Waals surface area contributed by atoms with Crippen LogP contribution in [-0.2, 0) is 29.5 Å². The Bertz CT molecular complexity index is 919. The highest BCUT2D eigenvalue weighted by Gasteiger charge is 2.21. The van der Waals surface area contributed by atoms with Gasteiger partial charge in [-0.15, -0.1) is 11.3 Å². The number of carbonyl (C=O) groups excluding carboxylic acids is 2. The van der Waals surface area contributed by atoms with Crippen molar-refractivity contribution < 1.29 is 9.59 Å². The van der Waals surface area contributed by atoms with Crippen molar-refractivity contribution in [2.45, 2.75) is 44.2 Å². The molecule has 1 aliphatic carbocycles. The van der Waals surface area contributed by atoms with E-state index < -0.39 is 0 Å². The second-order valence-corrected chi connectivity index (χ2v) is 8.59. The number of amides is 2. The molecule has 0 aliphatic heterocycles. The molecular formula is C18H24N4O3S2. The minimum Gasteiger partial charge on any atom is -0.355 e. The molecule has 9 heteroatoms. The lowest BCUT2D eigenvalue weighted by Crippen LogP contribution is -2.38. The Morgan fingerprint density at radius 1 is 1.22 bits per heavy atom. The monoisotopic (exact) mass is 408 g/mol. The van der Waals surface area contributed by atoms with Gasteiger partial charge in [-0.25, -0.2) is 4.98 Å². The number of carbonyl (C=O) groups is 2. The van der Waals surface area contributed by atoms with Crippen LogP contribution in [0.2, 0.25) is 0 Å². The molecule has 3 rings (SSSR count). The van der Waals surface area contributed by atoms with E-state index in [2.05, 4.69) is 15.6 Å². The fourth-order valence-electron chi connectivity index (χ4n) is 3.08. The molecule has 7 nitrogen and oxygen atoms in total. The van der Waals surface area contributed by atoms with Crippen LogP contribution in [0.5, 0.6) is 0 Å². The molecule has 2 aromatic heterocycles. The summed E-state index contributed by atoms with van der Waals surface area (Å²) < 4.78 is 1.52. The average Bonchev–Trinajstić information content (AvgIpc) is 3.04. The van der Waals surface area contributed by atoms with Crippen molar-refractivity contribution in [1.29, 1.82) is 0 Å². The molecule has 2 amide bonds. The number of hydrogen-bond acceptors (Lipinski definition) is 6. The predicted molar refractivity (Wildman–Crippen MR) is 109 cm³/mol. The van der Waals surface area contributed by atoms with Gasteiger partial charge in [0.1, 0.15) is 4.83 Å². The lowest BCUT2D eigenvalue weighted by Gasteiger charge is -2.11. The van der Waals surface area contributed by atoms with E-state index in [1.54, 1.807) is 18.4 Å². The first-order chi connectivity index (χ1) is 13.0. The van der Waals surface area contributed by atoms with Crippen molar-refractivity contribution in [3.05, 3.63) is 20.8 Å². The molecule has 0 saturated heterocycles. The third-order valence-electron chi connectivity index (χ3n) is 4.51. The normalized spacial score (nSPS) is 13.4. The minimum absolute atomic E-state index is 0.0393. The maximum absolute atomic E-state index is 12.8. The summed E-state index contributed by atoms with van der Waals surface area (Å²) in [4.78, 5) is 43.0. The van der Waals surface area contributed by atoms with Gasteiger partial charge in [0.2, 0.25) is 11.8 Å². The number of nitrogens with zero attached hydrogens (tertiary/aromatic N) is 2. The first-order valence-corrected chi connectivity index (χ1v) is 11.0. The molecule has 0 unspecified atom stereocenters. The fourth-order valence-corrected chi connectivity index (χ4v) is 5.19. The number of aromatic nitrogens is 2. The van der Waals surface area contributed by atoms with Crippen molar-refractivity contribution in [2.75, 3.05) is 18.8 Å². The Hall–Kier alpha value is -1.87. The number of rotatable bonds is 7. The maximum atomic E-state index is 12.8. The van der Waals surface area contributed by atoms with Crippen LogP contribution in [0.1, 0.15) is 36.6 Å². The highest BCUT2D eigenvalue weighted by Crippen LogP contribution is 2.34. The number of fused-ring (bicyclic) bond motifs is 3. The van der Waals surface area contributed by atoms with E-state index in [1.165, 1.54) is 26.8 Å². The molecule has 0 aromatic carbocycles. The van der Waals surface area contributed by atoms with Crippen molar-refractivity contribution >= 4 is 45.1 Å². The summed E-state index contributed by atoms with van der Waals surface area (Å²) >= 11 is 2.82. The summed E-state index contributed by atoms with van der Waals surface area (Å²) in [6, 6.07) is 0. The predicted octanol–water partition coefficient (Wildman–Crippen LogP) is 1.61. The minimum atomic E-state index is -0.258.